The molecule has 142 valence electrons. The van der Waals surface area contributed by atoms with Crippen LogP contribution in [-0.2, 0) is 25.7 Å². The SMILES string of the molecule is Cc1ccc(NC(=O)COC(=O)[C@H]2CC(=O)N(Cc3ccco3)C2)cc1C. The third-order valence-electron chi connectivity index (χ3n) is 4.61. The van der Waals surface area contributed by atoms with Crippen LogP contribution in [0.1, 0.15) is 23.3 Å². The summed E-state index contributed by atoms with van der Waals surface area (Å²) in [6.45, 7) is 4.14. The molecule has 0 radical (unpaired) electrons. The first-order chi connectivity index (χ1) is 12.9. The first-order valence-electron chi connectivity index (χ1n) is 8.76. The summed E-state index contributed by atoms with van der Waals surface area (Å²) in [6.07, 6.45) is 1.62. The Hall–Kier alpha value is -3.09. The first kappa shape index (κ1) is 18.7. The van der Waals surface area contributed by atoms with Crippen LogP contribution >= 0.6 is 0 Å². The Morgan fingerprint density at radius 1 is 1.26 bits per heavy atom. The Kier molecular flexibility index (Phi) is 5.59. The number of carbonyl (C=O) groups excluding carboxylic acids is 3. The Balaban J connectivity index is 1.46. The number of hydrogen-bond donors (Lipinski definition) is 1. The van der Waals surface area contributed by atoms with E-state index >= 15 is 0 Å². The molecule has 1 atom stereocenters. The van der Waals surface area contributed by atoms with Gasteiger partial charge in [0.25, 0.3) is 5.91 Å². The van der Waals surface area contributed by atoms with Gasteiger partial charge >= 0.3 is 5.97 Å². The predicted octanol–water partition coefficient (Wildman–Crippen LogP) is 2.43. The minimum atomic E-state index is -0.568. The predicted molar refractivity (Wildman–Crippen MR) is 97.7 cm³/mol. The van der Waals surface area contributed by atoms with E-state index < -0.39 is 17.8 Å². The number of nitrogens with one attached hydrogen (secondary N) is 1. The zero-order chi connectivity index (χ0) is 19.4. The zero-order valence-electron chi connectivity index (χ0n) is 15.4. The number of esters is 1. The Morgan fingerprint density at radius 3 is 2.78 bits per heavy atom. The van der Waals surface area contributed by atoms with Crippen LogP contribution in [0.3, 0.4) is 0 Å². The number of amides is 2. The summed E-state index contributed by atoms with van der Waals surface area (Å²) >= 11 is 0. The van der Waals surface area contributed by atoms with Gasteiger partial charge in [-0.05, 0) is 49.2 Å². The molecule has 1 aromatic carbocycles. The molecule has 1 N–H and O–H groups in total. The summed E-state index contributed by atoms with van der Waals surface area (Å²) < 4.78 is 10.3. The van der Waals surface area contributed by atoms with Crippen molar-refractivity contribution in [3.8, 4) is 0 Å². The van der Waals surface area contributed by atoms with Gasteiger partial charge in [-0.2, -0.15) is 0 Å². The lowest BCUT2D eigenvalue weighted by atomic mass is 10.1. The molecule has 1 aliphatic heterocycles. The van der Waals surface area contributed by atoms with Crippen LogP contribution in [0.25, 0.3) is 0 Å². The number of likely N-dealkylation sites (tertiary alicyclic amines) is 1. The highest BCUT2D eigenvalue weighted by Crippen LogP contribution is 2.21. The average molecular weight is 370 g/mol. The fourth-order valence-electron chi connectivity index (χ4n) is 2.94. The molecule has 1 saturated heterocycles. The molecule has 0 aliphatic carbocycles. The highest BCUT2D eigenvalue weighted by molar-refractivity contribution is 5.93. The lowest BCUT2D eigenvalue weighted by Crippen LogP contribution is -2.28. The molecule has 3 rings (SSSR count). The zero-order valence-corrected chi connectivity index (χ0v) is 15.4. The fraction of sp³-hybridized carbons (Fsp3) is 0.350. The van der Waals surface area contributed by atoms with Gasteiger partial charge in [0.2, 0.25) is 5.91 Å². The number of benzene rings is 1. The van der Waals surface area contributed by atoms with Gasteiger partial charge in [0, 0.05) is 18.7 Å². The van der Waals surface area contributed by atoms with E-state index in [1.54, 1.807) is 23.1 Å². The number of carbonyl (C=O) groups is 3. The average Bonchev–Trinajstić information content (AvgIpc) is 3.27. The van der Waals surface area contributed by atoms with Crippen molar-refractivity contribution in [2.75, 3.05) is 18.5 Å². The first-order valence-corrected chi connectivity index (χ1v) is 8.76. The molecule has 1 aromatic heterocycles. The quantitative estimate of drug-likeness (QED) is 0.789. The van der Waals surface area contributed by atoms with E-state index in [4.69, 9.17) is 9.15 Å². The van der Waals surface area contributed by atoms with E-state index in [1.807, 2.05) is 26.0 Å². The molecular weight excluding hydrogens is 348 g/mol. The molecule has 2 heterocycles. The molecule has 7 nitrogen and oxygen atoms in total. The number of hydrogen-bond acceptors (Lipinski definition) is 5. The number of ether oxygens (including phenoxy) is 1. The van der Waals surface area contributed by atoms with Gasteiger partial charge in [-0.25, -0.2) is 0 Å². The van der Waals surface area contributed by atoms with Gasteiger partial charge in [-0.15, -0.1) is 0 Å². The van der Waals surface area contributed by atoms with Crippen LogP contribution in [0, 0.1) is 19.8 Å². The molecule has 1 fully saturated rings. The maximum atomic E-state index is 12.2. The number of furan rings is 1. The topological polar surface area (TPSA) is 88.8 Å². The molecule has 7 heteroatoms. The van der Waals surface area contributed by atoms with Crippen LogP contribution < -0.4 is 5.32 Å². The summed E-state index contributed by atoms with van der Waals surface area (Å²) in [5, 5.41) is 2.70. The summed E-state index contributed by atoms with van der Waals surface area (Å²) in [6, 6.07) is 9.09. The van der Waals surface area contributed by atoms with Crippen molar-refractivity contribution in [2.24, 2.45) is 5.92 Å². The van der Waals surface area contributed by atoms with Crippen LogP contribution in [0.5, 0.6) is 0 Å². The molecule has 0 unspecified atom stereocenters. The number of anilines is 1. The van der Waals surface area contributed by atoms with Gasteiger partial charge < -0.3 is 19.4 Å². The summed E-state index contributed by atoms with van der Waals surface area (Å²) in [7, 11) is 0. The van der Waals surface area contributed by atoms with Gasteiger partial charge in [0.1, 0.15) is 5.76 Å². The third kappa shape index (κ3) is 4.75. The number of rotatable bonds is 6. The van der Waals surface area contributed by atoms with Crippen LogP contribution in [0.15, 0.2) is 41.0 Å². The minimum Gasteiger partial charge on any atom is -0.467 e. The van der Waals surface area contributed by atoms with Gasteiger partial charge in [-0.3, -0.25) is 14.4 Å². The van der Waals surface area contributed by atoms with Crippen LogP contribution in [-0.4, -0.2) is 35.8 Å². The van der Waals surface area contributed by atoms with Crippen molar-refractivity contribution in [1.82, 2.24) is 4.90 Å². The van der Waals surface area contributed by atoms with E-state index in [1.165, 1.54) is 6.26 Å². The van der Waals surface area contributed by atoms with Crippen molar-refractivity contribution in [3.05, 3.63) is 53.5 Å². The molecule has 1 aliphatic rings. The van der Waals surface area contributed by atoms with Crippen molar-refractivity contribution in [3.63, 3.8) is 0 Å². The van der Waals surface area contributed by atoms with E-state index in [0.29, 0.717) is 18.0 Å². The molecule has 2 aromatic rings. The second-order valence-corrected chi connectivity index (χ2v) is 6.71. The van der Waals surface area contributed by atoms with E-state index in [-0.39, 0.29) is 25.5 Å². The summed E-state index contributed by atoms with van der Waals surface area (Å²) in [4.78, 5) is 37.8. The number of nitrogens with zero attached hydrogens (tertiary/aromatic N) is 1. The maximum Gasteiger partial charge on any atom is 0.311 e. The maximum absolute atomic E-state index is 12.2. The third-order valence-corrected chi connectivity index (χ3v) is 4.61. The molecule has 0 spiro atoms. The molecule has 27 heavy (non-hydrogen) atoms. The monoisotopic (exact) mass is 370 g/mol. The Labute approximate surface area is 157 Å². The van der Waals surface area contributed by atoms with E-state index in [0.717, 1.165) is 11.1 Å². The van der Waals surface area contributed by atoms with E-state index in [2.05, 4.69) is 5.32 Å². The Bertz CT molecular complexity index is 844. The van der Waals surface area contributed by atoms with Gasteiger partial charge in [0.15, 0.2) is 6.61 Å². The lowest BCUT2D eigenvalue weighted by Gasteiger charge is -2.14. The van der Waals surface area contributed by atoms with Crippen LogP contribution in [0.4, 0.5) is 5.69 Å². The molecule has 0 saturated carbocycles. The molecule has 0 bridgehead atoms. The Morgan fingerprint density at radius 2 is 2.07 bits per heavy atom. The van der Waals surface area contributed by atoms with Crippen LogP contribution in [0.2, 0.25) is 0 Å². The minimum absolute atomic E-state index is 0.0817. The van der Waals surface area contributed by atoms with Crippen molar-refractivity contribution < 1.29 is 23.5 Å². The second-order valence-electron chi connectivity index (χ2n) is 6.71. The molecular formula is C20H22N2O5. The fourth-order valence-corrected chi connectivity index (χ4v) is 2.94. The van der Waals surface area contributed by atoms with E-state index in [9.17, 15) is 14.4 Å². The standard InChI is InChI=1S/C20H22N2O5/c1-13-5-6-16(8-14(13)2)21-18(23)12-27-20(25)15-9-19(24)22(10-15)11-17-4-3-7-26-17/h3-8,15H,9-12H2,1-2H3,(H,21,23)/t15-/m0/s1. The highest BCUT2D eigenvalue weighted by Gasteiger charge is 2.35. The van der Waals surface area contributed by atoms with Crippen molar-refractivity contribution >= 4 is 23.5 Å². The van der Waals surface area contributed by atoms with Gasteiger partial charge in [-0.1, -0.05) is 6.07 Å². The van der Waals surface area contributed by atoms with Crippen molar-refractivity contribution in [2.45, 2.75) is 26.8 Å². The molecule has 2 amide bonds. The lowest BCUT2D eigenvalue weighted by molar-refractivity contribution is -0.151. The summed E-state index contributed by atoms with van der Waals surface area (Å²) in [5.74, 6) is -0.996. The van der Waals surface area contributed by atoms with Crippen molar-refractivity contribution in [1.29, 1.82) is 0 Å². The number of aryl methyl sites for hydroxylation is 2. The van der Waals surface area contributed by atoms with Gasteiger partial charge in [0.05, 0.1) is 18.7 Å². The largest absolute Gasteiger partial charge is 0.467 e. The highest BCUT2D eigenvalue weighted by atomic mass is 16.5. The summed E-state index contributed by atoms with van der Waals surface area (Å²) in [5.41, 5.74) is 2.84. The normalized spacial score (nSPS) is 16.4. The smallest absolute Gasteiger partial charge is 0.311 e. The second kappa shape index (κ2) is 8.07.